The number of hydrogen-bond acceptors (Lipinski definition) is 7. The fourth-order valence-electron chi connectivity index (χ4n) is 3.05. The van der Waals surface area contributed by atoms with E-state index in [1.54, 1.807) is 7.11 Å². The van der Waals surface area contributed by atoms with Crippen LogP contribution in [0, 0.1) is 20.2 Å². The minimum atomic E-state index is -0.674. The van der Waals surface area contributed by atoms with Crippen molar-refractivity contribution in [1.29, 1.82) is 0 Å². The monoisotopic (exact) mass is 408 g/mol. The molecule has 154 valence electrons. The van der Waals surface area contributed by atoms with Crippen molar-refractivity contribution in [2.24, 2.45) is 5.10 Å². The molecule has 0 radical (unpaired) electrons. The van der Waals surface area contributed by atoms with E-state index in [1.165, 1.54) is 17.7 Å². The molecule has 0 aliphatic heterocycles. The summed E-state index contributed by atoms with van der Waals surface area (Å²) in [5.41, 5.74) is 5.08. The Morgan fingerprint density at radius 1 is 1.03 bits per heavy atom. The number of allylic oxidation sites excluding steroid dienone is 4. The topological polar surface area (TPSA) is 120 Å². The Balaban J connectivity index is 1.76. The van der Waals surface area contributed by atoms with Crippen LogP contribution in [0.25, 0.3) is 5.57 Å². The van der Waals surface area contributed by atoms with E-state index in [2.05, 4.69) is 10.5 Å². The molecule has 0 spiro atoms. The highest BCUT2D eigenvalue weighted by molar-refractivity contribution is 5.96. The largest absolute Gasteiger partial charge is 0.497 e. The number of nitro groups is 2. The molecule has 1 aliphatic carbocycles. The number of nitrogens with one attached hydrogen (secondary N) is 1. The van der Waals surface area contributed by atoms with E-state index in [1.807, 2.05) is 42.5 Å². The summed E-state index contributed by atoms with van der Waals surface area (Å²) < 4.78 is 5.19. The van der Waals surface area contributed by atoms with Crippen molar-refractivity contribution in [3.8, 4) is 5.75 Å². The van der Waals surface area contributed by atoms with Crippen molar-refractivity contribution < 1.29 is 14.6 Å². The van der Waals surface area contributed by atoms with Crippen LogP contribution in [0.5, 0.6) is 5.75 Å². The first-order valence-electron chi connectivity index (χ1n) is 9.25. The van der Waals surface area contributed by atoms with Gasteiger partial charge < -0.3 is 4.74 Å². The molecule has 0 fully saturated rings. The van der Waals surface area contributed by atoms with Gasteiger partial charge in [-0.3, -0.25) is 25.7 Å². The lowest BCUT2D eigenvalue weighted by atomic mass is 9.96. The average molecular weight is 408 g/mol. The van der Waals surface area contributed by atoms with Gasteiger partial charge in [-0.15, -0.1) is 0 Å². The molecule has 0 heterocycles. The second kappa shape index (κ2) is 9.46. The van der Waals surface area contributed by atoms with Crippen molar-refractivity contribution in [1.82, 2.24) is 0 Å². The number of rotatable bonds is 6. The summed E-state index contributed by atoms with van der Waals surface area (Å²) in [5, 5.41) is 26.3. The highest BCUT2D eigenvalue weighted by Gasteiger charge is 2.19. The van der Waals surface area contributed by atoms with Gasteiger partial charge in [0.2, 0.25) is 0 Å². The molecular formula is C21H20N4O5. The Morgan fingerprint density at radius 2 is 1.80 bits per heavy atom. The lowest BCUT2D eigenvalue weighted by Crippen LogP contribution is -2.03. The van der Waals surface area contributed by atoms with Gasteiger partial charge in [-0.25, -0.2) is 0 Å². The zero-order valence-corrected chi connectivity index (χ0v) is 16.3. The number of anilines is 1. The normalized spacial score (nSPS) is 17.9. The van der Waals surface area contributed by atoms with Crippen molar-refractivity contribution >= 4 is 28.3 Å². The second-order valence-electron chi connectivity index (χ2n) is 6.56. The summed E-state index contributed by atoms with van der Waals surface area (Å²) in [6, 6.07) is 11.3. The summed E-state index contributed by atoms with van der Waals surface area (Å²) in [6.45, 7) is 0. The van der Waals surface area contributed by atoms with Gasteiger partial charge in [-0.2, -0.15) is 5.10 Å². The Labute approximate surface area is 172 Å². The Bertz CT molecular complexity index is 1040. The molecule has 0 aromatic heterocycles. The number of non-ortho nitro benzene ring substituents is 1. The third kappa shape index (κ3) is 5.07. The van der Waals surface area contributed by atoms with E-state index in [0.29, 0.717) is 6.42 Å². The molecule has 3 rings (SSSR count). The van der Waals surface area contributed by atoms with Gasteiger partial charge in [-0.05, 0) is 54.7 Å². The predicted octanol–water partition coefficient (Wildman–Crippen LogP) is 5.10. The molecule has 1 N–H and O–H groups in total. The average Bonchev–Trinajstić information content (AvgIpc) is 2.73. The maximum absolute atomic E-state index is 11.2. The molecular weight excluding hydrogens is 388 g/mol. The number of nitrogens with zero attached hydrogens (tertiary/aromatic N) is 3. The van der Waals surface area contributed by atoms with Crippen LogP contribution in [0.3, 0.4) is 0 Å². The first kappa shape index (κ1) is 20.7. The standard InChI is InChI=1S/C21H20N4O5/c1-30-19-11-8-16(9-12-19)15-4-2-6-17(7-3-5-15)22-23-20-13-10-18(24(26)27)14-21(20)25(28)29/h2,4,6,8-14,23H,3,5,7H2,1H3/b6-2-,15-4+,22-17-. The van der Waals surface area contributed by atoms with Gasteiger partial charge in [0, 0.05) is 6.07 Å². The van der Waals surface area contributed by atoms with Crippen LogP contribution in [0.15, 0.2) is 65.8 Å². The first-order chi connectivity index (χ1) is 14.5. The summed E-state index contributed by atoms with van der Waals surface area (Å²) in [4.78, 5) is 20.7. The molecule has 0 atom stereocenters. The van der Waals surface area contributed by atoms with E-state index < -0.39 is 15.5 Å². The molecule has 2 aromatic rings. The molecule has 0 unspecified atom stereocenters. The third-order valence-corrected chi connectivity index (χ3v) is 4.63. The number of methoxy groups -OCH3 is 1. The molecule has 9 heteroatoms. The van der Waals surface area contributed by atoms with Crippen LogP contribution in [0.4, 0.5) is 17.1 Å². The van der Waals surface area contributed by atoms with Crippen molar-refractivity contribution in [2.75, 3.05) is 12.5 Å². The third-order valence-electron chi connectivity index (χ3n) is 4.63. The van der Waals surface area contributed by atoms with Gasteiger partial charge in [0.25, 0.3) is 5.69 Å². The van der Waals surface area contributed by atoms with Crippen molar-refractivity contribution in [3.63, 3.8) is 0 Å². The summed E-state index contributed by atoms with van der Waals surface area (Å²) in [5.74, 6) is 0.807. The van der Waals surface area contributed by atoms with Crippen LogP contribution in [0.1, 0.15) is 24.8 Å². The molecule has 0 bridgehead atoms. The van der Waals surface area contributed by atoms with Gasteiger partial charge in [0.15, 0.2) is 0 Å². The van der Waals surface area contributed by atoms with Crippen molar-refractivity contribution in [2.45, 2.75) is 19.3 Å². The Kier molecular flexibility index (Phi) is 6.53. The maximum atomic E-state index is 11.2. The number of nitro benzene ring substituents is 2. The summed E-state index contributed by atoms with van der Waals surface area (Å²) >= 11 is 0. The van der Waals surface area contributed by atoms with Crippen LogP contribution < -0.4 is 10.2 Å². The fraction of sp³-hybridized carbons (Fsp3) is 0.190. The second-order valence-corrected chi connectivity index (χ2v) is 6.56. The molecule has 0 amide bonds. The van der Waals surface area contributed by atoms with Crippen LogP contribution in [-0.4, -0.2) is 22.7 Å². The smallest absolute Gasteiger partial charge is 0.301 e. The molecule has 0 saturated carbocycles. The SMILES string of the molecule is COc1ccc(/C2=C/C=C\C(=N\Nc3ccc([N+](=O)[O-])cc3[N+](=O)[O-])CCC2)cc1. The molecule has 0 saturated heterocycles. The summed E-state index contributed by atoms with van der Waals surface area (Å²) in [7, 11) is 1.63. The van der Waals surface area contributed by atoms with Gasteiger partial charge in [-0.1, -0.05) is 24.3 Å². The first-order valence-corrected chi connectivity index (χ1v) is 9.25. The van der Waals surface area contributed by atoms with Gasteiger partial charge in [0.1, 0.15) is 11.4 Å². The zero-order chi connectivity index (χ0) is 21.5. The van der Waals surface area contributed by atoms with E-state index in [0.717, 1.165) is 35.9 Å². The minimum Gasteiger partial charge on any atom is -0.497 e. The van der Waals surface area contributed by atoms with E-state index in [-0.39, 0.29) is 11.4 Å². The van der Waals surface area contributed by atoms with Gasteiger partial charge >= 0.3 is 5.69 Å². The Morgan fingerprint density at radius 3 is 2.47 bits per heavy atom. The molecule has 1 aliphatic rings. The maximum Gasteiger partial charge on any atom is 0.301 e. The van der Waals surface area contributed by atoms with Crippen LogP contribution >= 0.6 is 0 Å². The lowest BCUT2D eigenvalue weighted by Gasteiger charge is -2.11. The van der Waals surface area contributed by atoms with Crippen molar-refractivity contribution in [3.05, 3.63) is 86.5 Å². The number of benzene rings is 2. The quantitative estimate of drug-likeness (QED) is 0.524. The fourth-order valence-corrected chi connectivity index (χ4v) is 3.05. The van der Waals surface area contributed by atoms with Crippen LogP contribution in [0.2, 0.25) is 0 Å². The number of hydrazone groups is 1. The number of hydrogen-bond donors (Lipinski definition) is 1. The summed E-state index contributed by atoms with van der Waals surface area (Å²) in [6.07, 6.45) is 8.14. The zero-order valence-electron chi connectivity index (χ0n) is 16.3. The van der Waals surface area contributed by atoms with E-state index in [9.17, 15) is 20.2 Å². The number of ether oxygens (including phenoxy) is 1. The molecule has 2 aromatic carbocycles. The van der Waals surface area contributed by atoms with E-state index in [4.69, 9.17) is 4.74 Å². The Hall–Kier alpha value is -4.01. The highest BCUT2D eigenvalue weighted by atomic mass is 16.6. The lowest BCUT2D eigenvalue weighted by molar-refractivity contribution is -0.393. The van der Waals surface area contributed by atoms with Gasteiger partial charge in [0.05, 0.1) is 28.7 Å². The predicted molar refractivity (Wildman–Crippen MR) is 115 cm³/mol. The van der Waals surface area contributed by atoms with E-state index >= 15 is 0 Å². The molecule has 9 nitrogen and oxygen atoms in total. The van der Waals surface area contributed by atoms with Crippen LogP contribution in [-0.2, 0) is 0 Å². The highest BCUT2D eigenvalue weighted by Crippen LogP contribution is 2.29. The minimum absolute atomic E-state index is 0.100. The molecule has 30 heavy (non-hydrogen) atoms.